The van der Waals surface area contributed by atoms with Crippen molar-refractivity contribution >= 4 is 11.5 Å². The number of hydrogen-bond acceptors (Lipinski definition) is 5. The third-order valence-electron chi connectivity index (χ3n) is 2.46. The number of aromatic nitrogens is 2. The van der Waals surface area contributed by atoms with Gasteiger partial charge in [0.05, 0.1) is 17.4 Å². The van der Waals surface area contributed by atoms with E-state index in [2.05, 4.69) is 9.59 Å². The van der Waals surface area contributed by atoms with Gasteiger partial charge in [-0.25, -0.2) is 0 Å². The van der Waals surface area contributed by atoms with Gasteiger partial charge in [-0.2, -0.15) is 0 Å². The number of rotatable bonds is 3. The van der Waals surface area contributed by atoms with E-state index in [1.807, 2.05) is 5.38 Å². The van der Waals surface area contributed by atoms with E-state index >= 15 is 0 Å². The van der Waals surface area contributed by atoms with Gasteiger partial charge in [-0.05, 0) is 11.5 Å². The normalized spacial score (nSPS) is 32.9. The molecule has 1 fully saturated rings. The Morgan fingerprint density at radius 3 is 3.08 bits per heavy atom. The van der Waals surface area contributed by atoms with E-state index in [1.165, 1.54) is 11.5 Å². The molecule has 72 valence electrons. The molecule has 1 saturated carbocycles. The summed E-state index contributed by atoms with van der Waals surface area (Å²) in [6.07, 6.45) is 2.24. The smallest absolute Gasteiger partial charge is 0.0784 e. The van der Waals surface area contributed by atoms with Crippen molar-refractivity contribution in [1.29, 1.82) is 0 Å². The molecule has 0 saturated heterocycles. The highest BCUT2D eigenvalue weighted by Gasteiger charge is 2.43. The lowest BCUT2D eigenvalue weighted by Crippen LogP contribution is -2.49. The van der Waals surface area contributed by atoms with Crippen LogP contribution in [0.2, 0.25) is 0 Å². The van der Waals surface area contributed by atoms with Crippen molar-refractivity contribution < 1.29 is 9.84 Å². The molecule has 1 aliphatic rings. The molecule has 5 heteroatoms. The van der Waals surface area contributed by atoms with E-state index in [-0.39, 0.29) is 6.10 Å². The van der Waals surface area contributed by atoms with Crippen LogP contribution in [0.3, 0.4) is 0 Å². The molecule has 2 rings (SSSR count). The number of aliphatic hydroxyl groups is 1. The average molecular weight is 200 g/mol. The Morgan fingerprint density at radius 1 is 1.77 bits per heavy atom. The van der Waals surface area contributed by atoms with Gasteiger partial charge >= 0.3 is 0 Å². The zero-order valence-corrected chi connectivity index (χ0v) is 8.25. The van der Waals surface area contributed by atoms with Gasteiger partial charge in [0.2, 0.25) is 0 Å². The second kappa shape index (κ2) is 3.32. The van der Waals surface area contributed by atoms with Crippen molar-refractivity contribution in [3.05, 3.63) is 11.1 Å². The Balaban J connectivity index is 1.90. The largest absolute Gasteiger partial charge is 0.389 e. The molecule has 4 nitrogen and oxygen atoms in total. The van der Waals surface area contributed by atoms with Gasteiger partial charge in [0.25, 0.3) is 0 Å². The predicted octanol–water partition coefficient (Wildman–Crippen LogP) is 0.621. The molecule has 0 bridgehead atoms. The first-order valence-corrected chi connectivity index (χ1v) is 5.07. The van der Waals surface area contributed by atoms with Crippen LogP contribution < -0.4 is 0 Å². The summed E-state index contributed by atoms with van der Waals surface area (Å²) in [5.74, 6) is 0. The average Bonchev–Trinajstić information content (AvgIpc) is 2.52. The van der Waals surface area contributed by atoms with Crippen molar-refractivity contribution in [3.8, 4) is 0 Å². The minimum absolute atomic E-state index is 0.219. The third kappa shape index (κ3) is 1.87. The van der Waals surface area contributed by atoms with Crippen LogP contribution in [-0.4, -0.2) is 33.5 Å². The second-order valence-electron chi connectivity index (χ2n) is 3.56. The summed E-state index contributed by atoms with van der Waals surface area (Å²) in [5.41, 5.74) is 0.276. The Kier molecular flexibility index (Phi) is 2.31. The summed E-state index contributed by atoms with van der Waals surface area (Å²) in [5, 5.41) is 15.7. The lowest BCUT2D eigenvalue weighted by atomic mass is 9.75. The highest BCUT2D eigenvalue weighted by molar-refractivity contribution is 7.03. The van der Waals surface area contributed by atoms with Crippen molar-refractivity contribution in [2.75, 3.05) is 7.11 Å². The molecule has 0 unspecified atom stereocenters. The molecule has 1 N–H and O–H groups in total. The maximum atomic E-state index is 9.94. The molecular weight excluding hydrogens is 188 g/mol. The summed E-state index contributed by atoms with van der Waals surface area (Å²) in [4.78, 5) is 0. The maximum absolute atomic E-state index is 9.94. The molecule has 0 spiro atoms. The summed E-state index contributed by atoms with van der Waals surface area (Å²) in [7, 11) is 1.68. The van der Waals surface area contributed by atoms with Gasteiger partial charge in [-0.15, -0.1) is 5.10 Å². The highest BCUT2D eigenvalue weighted by Crippen LogP contribution is 2.36. The summed E-state index contributed by atoms with van der Waals surface area (Å²) >= 11 is 1.32. The van der Waals surface area contributed by atoms with E-state index in [1.54, 1.807) is 7.11 Å². The molecule has 1 aromatic heterocycles. The molecule has 1 aliphatic carbocycles. The SMILES string of the molecule is COC1CC(O)(Cc2csnn2)C1. The van der Waals surface area contributed by atoms with Crippen molar-refractivity contribution in [3.63, 3.8) is 0 Å². The number of methoxy groups -OCH3 is 1. The van der Waals surface area contributed by atoms with Crippen molar-refractivity contribution in [2.45, 2.75) is 31.0 Å². The van der Waals surface area contributed by atoms with Crippen LogP contribution in [0.5, 0.6) is 0 Å². The topological polar surface area (TPSA) is 55.2 Å². The van der Waals surface area contributed by atoms with Crippen LogP contribution in [0.1, 0.15) is 18.5 Å². The summed E-state index contributed by atoms with van der Waals surface area (Å²) in [6, 6.07) is 0. The highest BCUT2D eigenvalue weighted by atomic mass is 32.1. The first-order valence-electron chi connectivity index (χ1n) is 4.23. The van der Waals surface area contributed by atoms with Crippen LogP contribution in [-0.2, 0) is 11.2 Å². The molecule has 0 aliphatic heterocycles. The monoisotopic (exact) mass is 200 g/mol. The van der Waals surface area contributed by atoms with Gasteiger partial charge in [0.1, 0.15) is 0 Å². The summed E-state index contributed by atoms with van der Waals surface area (Å²) < 4.78 is 8.86. The van der Waals surface area contributed by atoms with Crippen LogP contribution in [0, 0.1) is 0 Å². The molecule has 0 amide bonds. The fourth-order valence-corrected chi connectivity index (χ4v) is 2.15. The maximum Gasteiger partial charge on any atom is 0.0784 e. The Labute approximate surface area is 80.7 Å². The Hall–Kier alpha value is -0.520. The van der Waals surface area contributed by atoms with Crippen LogP contribution >= 0.6 is 11.5 Å². The number of hydrogen-bond donors (Lipinski definition) is 1. The van der Waals surface area contributed by atoms with E-state index in [4.69, 9.17) is 4.74 Å². The van der Waals surface area contributed by atoms with E-state index in [0.717, 1.165) is 5.69 Å². The van der Waals surface area contributed by atoms with Crippen LogP contribution in [0.4, 0.5) is 0 Å². The zero-order chi connectivity index (χ0) is 9.31. The van der Waals surface area contributed by atoms with Gasteiger partial charge in [0, 0.05) is 31.8 Å². The molecule has 0 aromatic carbocycles. The van der Waals surface area contributed by atoms with E-state index in [9.17, 15) is 5.11 Å². The Morgan fingerprint density at radius 2 is 2.54 bits per heavy atom. The van der Waals surface area contributed by atoms with Gasteiger partial charge in [-0.3, -0.25) is 0 Å². The standard InChI is InChI=1S/C8H12N2O2S/c1-12-7-3-8(11,4-7)2-6-5-13-10-9-6/h5,7,11H,2-4H2,1H3. The Bertz CT molecular complexity index is 270. The number of ether oxygens (including phenoxy) is 1. The second-order valence-corrected chi connectivity index (χ2v) is 4.17. The van der Waals surface area contributed by atoms with Gasteiger partial charge in [0.15, 0.2) is 0 Å². The van der Waals surface area contributed by atoms with Crippen molar-refractivity contribution in [1.82, 2.24) is 9.59 Å². The zero-order valence-electron chi connectivity index (χ0n) is 7.43. The fraction of sp³-hybridized carbons (Fsp3) is 0.750. The molecular formula is C8H12N2O2S. The molecule has 0 radical (unpaired) electrons. The van der Waals surface area contributed by atoms with E-state index < -0.39 is 5.60 Å². The van der Waals surface area contributed by atoms with Crippen LogP contribution in [0.15, 0.2) is 5.38 Å². The number of nitrogens with zero attached hydrogens (tertiary/aromatic N) is 2. The lowest BCUT2D eigenvalue weighted by molar-refractivity contribution is -0.126. The third-order valence-corrected chi connectivity index (χ3v) is 3.02. The molecule has 13 heavy (non-hydrogen) atoms. The summed E-state index contributed by atoms with van der Waals surface area (Å²) in [6.45, 7) is 0. The van der Waals surface area contributed by atoms with E-state index in [0.29, 0.717) is 19.3 Å². The minimum Gasteiger partial charge on any atom is -0.389 e. The first-order chi connectivity index (χ1) is 6.22. The van der Waals surface area contributed by atoms with Crippen molar-refractivity contribution in [2.24, 2.45) is 0 Å². The quantitative estimate of drug-likeness (QED) is 0.777. The molecule has 0 atom stereocenters. The molecule has 1 aromatic rings. The first kappa shape index (κ1) is 9.05. The predicted molar refractivity (Wildman–Crippen MR) is 48.6 cm³/mol. The molecule has 1 heterocycles. The van der Waals surface area contributed by atoms with Gasteiger partial charge < -0.3 is 9.84 Å². The minimum atomic E-state index is -0.601. The lowest BCUT2D eigenvalue weighted by Gasteiger charge is -2.42. The van der Waals surface area contributed by atoms with Crippen LogP contribution in [0.25, 0.3) is 0 Å². The van der Waals surface area contributed by atoms with Gasteiger partial charge in [-0.1, -0.05) is 4.49 Å². The fourth-order valence-electron chi connectivity index (χ4n) is 1.70.